The molecule has 1 fully saturated rings. The number of likely N-dealkylation sites (N-methyl/N-ethyl adjacent to an activating group) is 1. The van der Waals surface area contributed by atoms with Gasteiger partial charge in [0, 0.05) is 18.1 Å². The lowest BCUT2D eigenvalue weighted by Crippen LogP contribution is -2.50. The van der Waals surface area contributed by atoms with Crippen LogP contribution in [0.1, 0.15) is 24.9 Å². The fourth-order valence-electron chi connectivity index (χ4n) is 2.39. The fourth-order valence-corrected chi connectivity index (χ4v) is 3.04. The molecule has 0 saturated carbocycles. The molecule has 2 N–H and O–H groups in total. The summed E-state index contributed by atoms with van der Waals surface area (Å²) in [7, 11) is 0. The number of nitrogens with one attached hydrogen (secondary N) is 1. The molecule has 8 heteroatoms. The van der Waals surface area contributed by atoms with Crippen LogP contribution in [0.5, 0.6) is 0 Å². The van der Waals surface area contributed by atoms with Gasteiger partial charge in [0.25, 0.3) is 0 Å². The van der Waals surface area contributed by atoms with Gasteiger partial charge in [0.1, 0.15) is 10.9 Å². The Hall–Kier alpha value is -1.67. The van der Waals surface area contributed by atoms with E-state index in [-0.39, 0.29) is 25.3 Å². The van der Waals surface area contributed by atoms with Crippen molar-refractivity contribution < 1.29 is 19.4 Å². The maximum absolute atomic E-state index is 12.4. The van der Waals surface area contributed by atoms with Gasteiger partial charge >= 0.3 is 12.0 Å². The molecule has 1 aromatic rings. The zero-order valence-electron chi connectivity index (χ0n) is 12.0. The summed E-state index contributed by atoms with van der Waals surface area (Å²) < 4.78 is 5.23. The van der Waals surface area contributed by atoms with E-state index in [1.54, 1.807) is 6.20 Å². The summed E-state index contributed by atoms with van der Waals surface area (Å²) in [6.45, 7) is 4.50. The molecule has 2 amide bonds. The first-order chi connectivity index (χ1) is 10.0. The number of hydrogen-bond donors (Lipinski definition) is 2. The summed E-state index contributed by atoms with van der Waals surface area (Å²) in [5, 5.41) is 14.7. The van der Waals surface area contributed by atoms with Crippen molar-refractivity contribution in [1.29, 1.82) is 0 Å². The molecule has 1 saturated heterocycles. The Kier molecular flexibility index (Phi) is 5.13. The predicted molar refractivity (Wildman–Crippen MR) is 77.2 cm³/mol. The number of amides is 2. The van der Waals surface area contributed by atoms with Gasteiger partial charge in [0.2, 0.25) is 0 Å². The molecule has 7 nitrogen and oxygen atoms in total. The summed E-state index contributed by atoms with van der Waals surface area (Å²) in [6, 6.07) is -0.935. The first kappa shape index (κ1) is 15.7. The molecule has 0 aliphatic carbocycles. The SMILES string of the molecule is CCN(C(=O)NC(C)c1nccs1)C1COCC1C(=O)O. The summed E-state index contributed by atoms with van der Waals surface area (Å²) in [5.41, 5.74) is 0. The van der Waals surface area contributed by atoms with Gasteiger partial charge in [-0.3, -0.25) is 4.79 Å². The minimum atomic E-state index is -0.934. The Morgan fingerprint density at radius 3 is 2.95 bits per heavy atom. The number of aliphatic carboxylic acids is 1. The maximum atomic E-state index is 12.4. The van der Waals surface area contributed by atoms with Crippen LogP contribution >= 0.6 is 11.3 Å². The number of carboxylic acid groups (broad SMARTS) is 1. The van der Waals surface area contributed by atoms with Crippen molar-refractivity contribution in [2.75, 3.05) is 19.8 Å². The van der Waals surface area contributed by atoms with Crippen molar-refractivity contribution in [1.82, 2.24) is 15.2 Å². The third-order valence-corrected chi connectivity index (χ3v) is 4.49. The van der Waals surface area contributed by atoms with Crippen LogP contribution in [0.4, 0.5) is 4.79 Å². The van der Waals surface area contributed by atoms with E-state index in [1.807, 2.05) is 19.2 Å². The van der Waals surface area contributed by atoms with E-state index in [2.05, 4.69) is 10.3 Å². The number of nitrogens with zero attached hydrogens (tertiary/aromatic N) is 2. The topological polar surface area (TPSA) is 91.8 Å². The highest BCUT2D eigenvalue weighted by atomic mass is 32.1. The molecule has 0 spiro atoms. The van der Waals surface area contributed by atoms with Crippen LogP contribution in [-0.4, -0.2) is 52.8 Å². The molecule has 2 heterocycles. The van der Waals surface area contributed by atoms with Crippen LogP contribution in [0.25, 0.3) is 0 Å². The van der Waals surface area contributed by atoms with Gasteiger partial charge in [-0.05, 0) is 13.8 Å². The third kappa shape index (κ3) is 3.51. The first-order valence-electron chi connectivity index (χ1n) is 6.81. The van der Waals surface area contributed by atoms with Gasteiger partial charge in [-0.1, -0.05) is 0 Å². The van der Waals surface area contributed by atoms with Crippen LogP contribution < -0.4 is 5.32 Å². The largest absolute Gasteiger partial charge is 0.481 e. The quantitative estimate of drug-likeness (QED) is 0.856. The average Bonchev–Trinajstić information content (AvgIpc) is 3.10. The number of rotatable bonds is 5. The van der Waals surface area contributed by atoms with Gasteiger partial charge in [-0.2, -0.15) is 0 Å². The lowest BCUT2D eigenvalue weighted by Gasteiger charge is -2.30. The van der Waals surface area contributed by atoms with Crippen molar-refractivity contribution in [3.63, 3.8) is 0 Å². The molecule has 0 bridgehead atoms. The van der Waals surface area contributed by atoms with Crippen LogP contribution in [0, 0.1) is 5.92 Å². The van der Waals surface area contributed by atoms with Gasteiger partial charge in [0.15, 0.2) is 0 Å². The minimum absolute atomic E-state index is 0.145. The van der Waals surface area contributed by atoms with Crippen molar-refractivity contribution in [3.8, 4) is 0 Å². The molecule has 1 aromatic heterocycles. The Morgan fingerprint density at radius 1 is 1.62 bits per heavy atom. The Labute approximate surface area is 126 Å². The lowest BCUT2D eigenvalue weighted by molar-refractivity contribution is -0.142. The van der Waals surface area contributed by atoms with E-state index in [1.165, 1.54) is 16.2 Å². The van der Waals surface area contributed by atoms with Crippen LogP contribution in [0.15, 0.2) is 11.6 Å². The van der Waals surface area contributed by atoms with E-state index in [4.69, 9.17) is 4.74 Å². The van der Waals surface area contributed by atoms with E-state index in [0.717, 1.165) is 5.01 Å². The summed E-state index contributed by atoms with van der Waals surface area (Å²) >= 11 is 1.47. The average molecular weight is 313 g/mol. The van der Waals surface area contributed by atoms with Crippen molar-refractivity contribution >= 4 is 23.3 Å². The van der Waals surface area contributed by atoms with Crippen LogP contribution in [-0.2, 0) is 9.53 Å². The minimum Gasteiger partial charge on any atom is -0.481 e. The molecule has 116 valence electrons. The first-order valence-corrected chi connectivity index (χ1v) is 7.69. The number of urea groups is 1. The smallest absolute Gasteiger partial charge is 0.318 e. The zero-order chi connectivity index (χ0) is 15.4. The second-order valence-electron chi connectivity index (χ2n) is 4.88. The second kappa shape index (κ2) is 6.86. The molecule has 3 unspecified atom stereocenters. The number of aromatic nitrogens is 1. The molecule has 1 aliphatic rings. The number of carbonyl (C=O) groups is 2. The standard InChI is InChI=1S/C13H19N3O4S/c1-3-16(10-7-20-6-9(10)12(17)18)13(19)15-8(2)11-14-4-5-21-11/h4-5,8-10H,3,6-7H2,1-2H3,(H,15,19)(H,17,18). The van der Waals surface area contributed by atoms with E-state index in [0.29, 0.717) is 6.54 Å². The molecule has 2 rings (SSSR count). The van der Waals surface area contributed by atoms with E-state index >= 15 is 0 Å². The molecule has 3 atom stereocenters. The summed E-state index contributed by atoms with van der Waals surface area (Å²) in [5.74, 6) is -1.61. The highest BCUT2D eigenvalue weighted by molar-refractivity contribution is 7.09. The van der Waals surface area contributed by atoms with Gasteiger partial charge in [-0.15, -0.1) is 11.3 Å². The monoisotopic (exact) mass is 313 g/mol. The molecular formula is C13H19N3O4S. The molecule has 0 aromatic carbocycles. The number of thiazole rings is 1. The van der Waals surface area contributed by atoms with Gasteiger partial charge in [0.05, 0.1) is 25.3 Å². The second-order valence-corrected chi connectivity index (χ2v) is 5.80. The number of ether oxygens (including phenoxy) is 1. The van der Waals surface area contributed by atoms with Crippen LogP contribution in [0.3, 0.4) is 0 Å². The number of hydrogen-bond acceptors (Lipinski definition) is 5. The third-order valence-electron chi connectivity index (χ3n) is 3.53. The van der Waals surface area contributed by atoms with Crippen LogP contribution in [0.2, 0.25) is 0 Å². The van der Waals surface area contributed by atoms with Gasteiger partial charge in [-0.25, -0.2) is 9.78 Å². The predicted octanol–water partition coefficient (Wildman–Crippen LogP) is 1.34. The molecule has 0 radical (unpaired) electrons. The Balaban J connectivity index is 2.03. The fraction of sp³-hybridized carbons (Fsp3) is 0.615. The number of carbonyl (C=O) groups excluding carboxylic acids is 1. The summed E-state index contributed by atoms with van der Waals surface area (Å²) in [4.78, 5) is 29.3. The Morgan fingerprint density at radius 2 is 2.38 bits per heavy atom. The Bertz CT molecular complexity index is 494. The number of carboxylic acids is 1. The van der Waals surface area contributed by atoms with Gasteiger partial charge < -0.3 is 20.1 Å². The lowest BCUT2D eigenvalue weighted by atomic mass is 10.0. The van der Waals surface area contributed by atoms with Crippen molar-refractivity contribution in [2.24, 2.45) is 5.92 Å². The molecule has 1 aliphatic heterocycles. The van der Waals surface area contributed by atoms with E-state index in [9.17, 15) is 14.7 Å². The maximum Gasteiger partial charge on any atom is 0.318 e. The highest BCUT2D eigenvalue weighted by Crippen LogP contribution is 2.21. The molecule has 21 heavy (non-hydrogen) atoms. The van der Waals surface area contributed by atoms with Crippen molar-refractivity contribution in [3.05, 3.63) is 16.6 Å². The normalized spacial score (nSPS) is 22.8. The zero-order valence-corrected chi connectivity index (χ0v) is 12.8. The highest BCUT2D eigenvalue weighted by Gasteiger charge is 2.39. The van der Waals surface area contributed by atoms with E-state index < -0.39 is 17.9 Å². The molecular weight excluding hydrogens is 294 g/mol. The van der Waals surface area contributed by atoms with Crippen molar-refractivity contribution in [2.45, 2.75) is 25.9 Å². The summed E-state index contributed by atoms with van der Waals surface area (Å²) in [6.07, 6.45) is 1.69.